The molecular formula is C38H24N6. The predicted molar refractivity (Wildman–Crippen MR) is 178 cm³/mol. The highest BCUT2D eigenvalue weighted by molar-refractivity contribution is 6.21. The van der Waals surface area contributed by atoms with Crippen LogP contribution < -0.4 is 9.80 Å². The molecule has 0 amide bonds. The van der Waals surface area contributed by atoms with E-state index in [2.05, 4.69) is 107 Å². The zero-order chi connectivity index (χ0) is 29.0. The number of rotatable bonds is 3. The number of benzene rings is 5. The van der Waals surface area contributed by atoms with Crippen LogP contribution in [0.15, 0.2) is 146 Å². The van der Waals surface area contributed by atoms with E-state index in [0.29, 0.717) is 0 Å². The van der Waals surface area contributed by atoms with E-state index in [-0.39, 0.29) is 0 Å². The van der Waals surface area contributed by atoms with E-state index in [0.717, 1.165) is 78.1 Å². The Morgan fingerprint density at radius 1 is 0.364 bits per heavy atom. The fourth-order valence-corrected chi connectivity index (χ4v) is 6.38. The van der Waals surface area contributed by atoms with E-state index in [1.807, 2.05) is 36.7 Å². The van der Waals surface area contributed by atoms with Crippen molar-refractivity contribution in [1.82, 2.24) is 19.9 Å². The summed E-state index contributed by atoms with van der Waals surface area (Å²) in [6.07, 6.45) is 7.36. The van der Waals surface area contributed by atoms with Crippen molar-refractivity contribution in [2.75, 3.05) is 9.80 Å². The van der Waals surface area contributed by atoms with Gasteiger partial charge in [-0.25, -0.2) is 0 Å². The van der Waals surface area contributed by atoms with Crippen LogP contribution >= 0.6 is 0 Å². The van der Waals surface area contributed by atoms with Crippen LogP contribution in [0.25, 0.3) is 44.0 Å². The summed E-state index contributed by atoms with van der Waals surface area (Å²) in [6.45, 7) is 0. The first-order valence-corrected chi connectivity index (χ1v) is 14.6. The van der Waals surface area contributed by atoms with Crippen molar-refractivity contribution < 1.29 is 0 Å². The van der Waals surface area contributed by atoms with E-state index in [1.165, 1.54) is 0 Å². The molecule has 0 saturated heterocycles. The number of fused-ring (bicyclic) bond motifs is 8. The van der Waals surface area contributed by atoms with Crippen LogP contribution in [0.5, 0.6) is 0 Å². The topological polar surface area (TPSA) is 58.0 Å². The minimum absolute atomic E-state index is 0.806. The molecule has 44 heavy (non-hydrogen) atoms. The van der Waals surface area contributed by atoms with Crippen LogP contribution in [-0.4, -0.2) is 19.9 Å². The van der Waals surface area contributed by atoms with Crippen LogP contribution in [0.4, 0.5) is 34.1 Å². The molecule has 1 aliphatic heterocycles. The highest BCUT2D eigenvalue weighted by Gasteiger charge is 2.30. The van der Waals surface area contributed by atoms with Gasteiger partial charge in [0.05, 0.1) is 56.7 Å². The number of pyridine rings is 2. The van der Waals surface area contributed by atoms with Crippen molar-refractivity contribution in [1.29, 1.82) is 0 Å². The van der Waals surface area contributed by atoms with Gasteiger partial charge < -0.3 is 9.80 Å². The molecule has 8 aromatic rings. The molecule has 0 radical (unpaired) electrons. The molecule has 0 spiro atoms. The number of aromatic nitrogens is 4. The van der Waals surface area contributed by atoms with Crippen molar-refractivity contribution in [2.24, 2.45) is 0 Å². The smallest absolute Gasteiger partial charge is 0.0989 e. The molecule has 0 aliphatic carbocycles. The molecular weight excluding hydrogens is 540 g/mol. The van der Waals surface area contributed by atoms with Gasteiger partial charge in [-0.2, -0.15) is 0 Å². The number of anilines is 6. The van der Waals surface area contributed by atoms with Gasteiger partial charge in [-0.3, -0.25) is 19.9 Å². The zero-order valence-electron chi connectivity index (χ0n) is 23.5. The predicted octanol–water partition coefficient (Wildman–Crippen LogP) is 9.65. The van der Waals surface area contributed by atoms with Gasteiger partial charge >= 0.3 is 0 Å². The van der Waals surface area contributed by atoms with Gasteiger partial charge in [0.1, 0.15) is 0 Å². The lowest BCUT2D eigenvalue weighted by Crippen LogP contribution is -2.23. The molecule has 0 saturated carbocycles. The molecule has 1 aliphatic rings. The Bertz CT molecular complexity index is 2290. The van der Waals surface area contributed by atoms with Gasteiger partial charge in [0.2, 0.25) is 0 Å². The summed E-state index contributed by atoms with van der Waals surface area (Å²) in [6, 6.07) is 42.1. The van der Waals surface area contributed by atoms with E-state index < -0.39 is 0 Å². The molecule has 9 rings (SSSR count). The molecule has 6 heteroatoms. The summed E-state index contributed by atoms with van der Waals surface area (Å²) >= 11 is 0. The number of para-hydroxylation sites is 5. The second-order valence-corrected chi connectivity index (χ2v) is 10.8. The molecule has 0 bridgehead atoms. The van der Waals surface area contributed by atoms with Crippen molar-refractivity contribution in [3.63, 3.8) is 0 Å². The molecule has 5 aromatic carbocycles. The maximum absolute atomic E-state index is 5.07. The standard InChI is InChI=1S/C38H24N6/c1-3-11-25(12-4-1)26-21-29-35-36(40-20-19-39-35)30-22-28(24-42-38(30)37(29)41-23-26)44-33-17-9-7-15-31(33)43(27-13-5-2-6-14-27)32-16-8-10-18-34(32)44/h1-24H. The monoisotopic (exact) mass is 564 g/mol. The molecule has 3 aromatic heterocycles. The first kappa shape index (κ1) is 24.5. The SMILES string of the molecule is c1ccc(-c2cnc3c(c2)c2nccnc2c2cc(N4c5ccccc5N(c5ccccc5)c5ccccc54)cnc23)cc1. The minimum Gasteiger partial charge on any atom is -0.306 e. The van der Waals surface area contributed by atoms with Gasteiger partial charge in [0.25, 0.3) is 0 Å². The molecule has 4 heterocycles. The van der Waals surface area contributed by atoms with E-state index in [9.17, 15) is 0 Å². The Labute approximate surface area is 253 Å². The Morgan fingerprint density at radius 2 is 0.818 bits per heavy atom. The second kappa shape index (κ2) is 9.71. The molecule has 0 fully saturated rings. The number of hydrogen-bond donors (Lipinski definition) is 0. The number of hydrogen-bond acceptors (Lipinski definition) is 6. The Balaban J connectivity index is 1.28. The zero-order valence-corrected chi connectivity index (χ0v) is 23.5. The highest BCUT2D eigenvalue weighted by Crippen LogP contribution is 2.54. The highest BCUT2D eigenvalue weighted by atomic mass is 15.3. The minimum atomic E-state index is 0.806. The first-order chi connectivity index (χ1) is 21.8. The fraction of sp³-hybridized carbons (Fsp3) is 0. The summed E-state index contributed by atoms with van der Waals surface area (Å²) < 4.78 is 0. The number of nitrogens with zero attached hydrogens (tertiary/aromatic N) is 6. The van der Waals surface area contributed by atoms with Gasteiger partial charge in [-0.1, -0.05) is 72.8 Å². The Kier molecular flexibility index (Phi) is 5.40. The average molecular weight is 565 g/mol. The third kappa shape index (κ3) is 3.68. The summed E-state index contributed by atoms with van der Waals surface area (Å²) in [4.78, 5) is 24.3. The van der Waals surface area contributed by atoms with Crippen molar-refractivity contribution in [3.8, 4) is 11.1 Å². The van der Waals surface area contributed by atoms with Crippen molar-refractivity contribution in [2.45, 2.75) is 0 Å². The van der Waals surface area contributed by atoms with Gasteiger partial charge in [-0.15, -0.1) is 0 Å². The second-order valence-electron chi connectivity index (χ2n) is 10.8. The van der Waals surface area contributed by atoms with Crippen molar-refractivity contribution >= 4 is 67.0 Å². The summed E-state index contributed by atoms with van der Waals surface area (Å²) in [5.41, 5.74) is 11.8. The molecule has 206 valence electrons. The van der Waals surface area contributed by atoms with Crippen LogP contribution in [0.2, 0.25) is 0 Å². The summed E-state index contributed by atoms with van der Waals surface area (Å²) in [7, 11) is 0. The van der Waals surface area contributed by atoms with Gasteiger partial charge in [0.15, 0.2) is 0 Å². The lowest BCUT2D eigenvalue weighted by molar-refractivity contribution is 1.16. The van der Waals surface area contributed by atoms with Crippen LogP contribution in [-0.2, 0) is 0 Å². The maximum atomic E-state index is 5.07. The summed E-state index contributed by atoms with van der Waals surface area (Å²) in [5, 5.41) is 1.85. The quantitative estimate of drug-likeness (QED) is 0.199. The Hall–Kier alpha value is -6.14. The lowest BCUT2D eigenvalue weighted by atomic mass is 10.0. The first-order valence-electron chi connectivity index (χ1n) is 14.6. The van der Waals surface area contributed by atoms with E-state index in [4.69, 9.17) is 19.9 Å². The molecule has 0 atom stereocenters. The van der Waals surface area contributed by atoms with Gasteiger partial charge in [-0.05, 0) is 54.1 Å². The molecule has 0 unspecified atom stereocenters. The van der Waals surface area contributed by atoms with E-state index in [1.54, 1.807) is 12.4 Å². The van der Waals surface area contributed by atoms with E-state index >= 15 is 0 Å². The molecule has 0 N–H and O–H groups in total. The third-order valence-electron chi connectivity index (χ3n) is 8.30. The van der Waals surface area contributed by atoms with Gasteiger partial charge in [0, 0.05) is 40.6 Å². The third-order valence-corrected chi connectivity index (χ3v) is 8.30. The largest absolute Gasteiger partial charge is 0.306 e. The Morgan fingerprint density at radius 3 is 1.41 bits per heavy atom. The lowest BCUT2D eigenvalue weighted by Gasteiger charge is -2.40. The normalized spacial score (nSPS) is 12.5. The average Bonchev–Trinajstić information content (AvgIpc) is 3.11. The van der Waals surface area contributed by atoms with Crippen LogP contribution in [0, 0.1) is 0 Å². The van der Waals surface area contributed by atoms with Crippen molar-refractivity contribution in [3.05, 3.63) is 146 Å². The molecule has 6 nitrogen and oxygen atoms in total. The maximum Gasteiger partial charge on any atom is 0.0989 e. The fourth-order valence-electron chi connectivity index (χ4n) is 6.38. The van der Waals surface area contributed by atoms with Crippen LogP contribution in [0.1, 0.15) is 0 Å². The van der Waals surface area contributed by atoms with Crippen LogP contribution in [0.3, 0.4) is 0 Å². The summed E-state index contributed by atoms with van der Waals surface area (Å²) in [5.74, 6) is 0.